The van der Waals surface area contributed by atoms with Crippen LogP contribution in [0.15, 0.2) is 22.7 Å². The number of aromatic nitrogens is 1. The van der Waals surface area contributed by atoms with Gasteiger partial charge in [-0.05, 0) is 23.6 Å². The molecular formula is C14H14ClNO4. The molecule has 2 aromatic rings. The molecule has 0 radical (unpaired) electrons. The fraction of sp³-hybridized carbons (Fsp3) is 0.286. The smallest absolute Gasteiger partial charge is 0.358 e. The number of nitrogens with zero attached hydrogens (tertiary/aromatic N) is 1. The molecule has 1 aromatic carbocycles. The van der Waals surface area contributed by atoms with Gasteiger partial charge < -0.3 is 14.4 Å². The fourth-order valence-electron chi connectivity index (χ4n) is 1.91. The van der Waals surface area contributed by atoms with Gasteiger partial charge in [0.15, 0.2) is 11.5 Å². The van der Waals surface area contributed by atoms with Gasteiger partial charge in [0.2, 0.25) is 0 Å². The lowest BCUT2D eigenvalue weighted by Gasteiger charge is -2.14. The highest BCUT2D eigenvalue weighted by Gasteiger charge is 2.17. The van der Waals surface area contributed by atoms with Gasteiger partial charge in [-0.25, -0.2) is 4.79 Å². The molecule has 20 heavy (non-hydrogen) atoms. The maximum atomic E-state index is 10.8. The number of methoxy groups -OCH3 is 1. The van der Waals surface area contributed by atoms with Crippen LogP contribution in [0.2, 0.25) is 5.02 Å². The Morgan fingerprint density at radius 2 is 2.10 bits per heavy atom. The number of carboxylic acid groups (broad SMARTS) is 1. The van der Waals surface area contributed by atoms with Crippen molar-refractivity contribution >= 4 is 17.6 Å². The zero-order chi connectivity index (χ0) is 14.9. The molecule has 0 aliphatic carbocycles. The summed E-state index contributed by atoms with van der Waals surface area (Å²) in [6.07, 6.45) is 0. The molecule has 0 amide bonds. The molecule has 1 heterocycles. The van der Waals surface area contributed by atoms with Crippen molar-refractivity contribution in [3.05, 3.63) is 34.5 Å². The van der Waals surface area contributed by atoms with Crippen molar-refractivity contribution in [3.63, 3.8) is 0 Å². The molecule has 0 spiro atoms. The number of hydrogen-bond acceptors (Lipinski definition) is 4. The summed E-state index contributed by atoms with van der Waals surface area (Å²) >= 11 is 6.19. The molecule has 2 rings (SSSR count). The molecule has 6 heteroatoms. The first-order valence-electron chi connectivity index (χ1n) is 6.01. The molecule has 1 N–H and O–H groups in total. The van der Waals surface area contributed by atoms with E-state index in [1.807, 2.05) is 19.9 Å². The number of rotatable bonds is 4. The van der Waals surface area contributed by atoms with E-state index in [-0.39, 0.29) is 11.6 Å². The number of carbonyl (C=O) groups is 1. The van der Waals surface area contributed by atoms with Gasteiger partial charge >= 0.3 is 5.97 Å². The Kier molecular flexibility index (Phi) is 3.99. The normalized spacial score (nSPS) is 10.8. The minimum atomic E-state index is -1.14. The lowest BCUT2D eigenvalue weighted by molar-refractivity contribution is 0.0686. The van der Waals surface area contributed by atoms with Crippen molar-refractivity contribution in [3.8, 4) is 17.1 Å². The first-order chi connectivity index (χ1) is 9.43. The molecule has 106 valence electrons. The van der Waals surface area contributed by atoms with Gasteiger partial charge in [-0.15, -0.1) is 0 Å². The fourth-order valence-corrected chi connectivity index (χ4v) is 2.22. The SMILES string of the molecule is COc1c(Cl)cc(-c2cc(C(=O)O)no2)cc1C(C)C. The Balaban J connectivity index is 2.54. The van der Waals surface area contributed by atoms with Crippen LogP contribution in [0.4, 0.5) is 0 Å². The third-order valence-electron chi connectivity index (χ3n) is 2.91. The van der Waals surface area contributed by atoms with Gasteiger partial charge in [-0.1, -0.05) is 30.6 Å². The highest BCUT2D eigenvalue weighted by Crippen LogP contribution is 2.38. The summed E-state index contributed by atoms with van der Waals surface area (Å²) in [7, 11) is 1.56. The molecule has 0 atom stereocenters. The second kappa shape index (κ2) is 5.54. The second-order valence-electron chi connectivity index (χ2n) is 4.62. The zero-order valence-electron chi connectivity index (χ0n) is 11.3. The molecule has 5 nitrogen and oxygen atoms in total. The summed E-state index contributed by atoms with van der Waals surface area (Å²) in [5, 5.41) is 12.8. The van der Waals surface area contributed by atoms with Crippen molar-refractivity contribution in [1.82, 2.24) is 5.16 Å². The summed E-state index contributed by atoms with van der Waals surface area (Å²) < 4.78 is 10.3. The number of carboxylic acids is 1. The maximum absolute atomic E-state index is 10.8. The number of benzene rings is 1. The van der Waals surface area contributed by atoms with Gasteiger partial charge in [0.25, 0.3) is 0 Å². The molecule has 0 aliphatic heterocycles. The van der Waals surface area contributed by atoms with E-state index < -0.39 is 5.97 Å². The first-order valence-corrected chi connectivity index (χ1v) is 6.39. The minimum absolute atomic E-state index is 0.141. The number of ether oxygens (including phenoxy) is 1. The molecule has 0 bridgehead atoms. The van der Waals surface area contributed by atoms with Crippen molar-refractivity contribution in [2.45, 2.75) is 19.8 Å². The number of aromatic carboxylic acids is 1. The highest BCUT2D eigenvalue weighted by atomic mass is 35.5. The minimum Gasteiger partial charge on any atom is -0.495 e. The van der Waals surface area contributed by atoms with Crippen LogP contribution in [0.1, 0.15) is 35.8 Å². The van der Waals surface area contributed by atoms with Gasteiger partial charge in [0.05, 0.1) is 12.1 Å². The van der Waals surface area contributed by atoms with E-state index in [0.717, 1.165) is 5.56 Å². The van der Waals surface area contributed by atoms with Gasteiger partial charge in [0, 0.05) is 11.6 Å². The van der Waals surface area contributed by atoms with E-state index in [0.29, 0.717) is 22.1 Å². The molecule has 1 aromatic heterocycles. The van der Waals surface area contributed by atoms with Crippen molar-refractivity contribution in [1.29, 1.82) is 0 Å². The average molecular weight is 296 g/mol. The second-order valence-corrected chi connectivity index (χ2v) is 5.02. The lowest BCUT2D eigenvalue weighted by atomic mass is 9.98. The van der Waals surface area contributed by atoms with E-state index in [1.54, 1.807) is 13.2 Å². The van der Waals surface area contributed by atoms with Crippen LogP contribution in [-0.2, 0) is 0 Å². The van der Waals surface area contributed by atoms with E-state index in [9.17, 15) is 4.79 Å². The molecule has 0 saturated carbocycles. The zero-order valence-corrected chi connectivity index (χ0v) is 12.1. The Morgan fingerprint density at radius 1 is 1.40 bits per heavy atom. The molecule has 0 saturated heterocycles. The average Bonchev–Trinajstić information content (AvgIpc) is 2.87. The number of halogens is 1. The number of hydrogen-bond donors (Lipinski definition) is 1. The quantitative estimate of drug-likeness (QED) is 0.928. The van der Waals surface area contributed by atoms with Crippen LogP contribution >= 0.6 is 11.6 Å². The maximum Gasteiger partial charge on any atom is 0.358 e. The van der Waals surface area contributed by atoms with E-state index >= 15 is 0 Å². The monoisotopic (exact) mass is 295 g/mol. The van der Waals surface area contributed by atoms with Crippen molar-refractivity contribution in [2.24, 2.45) is 0 Å². The largest absolute Gasteiger partial charge is 0.495 e. The Labute approximate surface area is 121 Å². The highest BCUT2D eigenvalue weighted by molar-refractivity contribution is 6.32. The molecule has 0 fully saturated rings. The summed E-state index contributed by atoms with van der Waals surface area (Å²) in [4.78, 5) is 10.8. The summed E-state index contributed by atoms with van der Waals surface area (Å²) in [5.74, 6) is 0.0326. The van der Waals surface area contributed by atoms with Crippen LogP contribution < -0.4 is 4.74 Å². The van der Waals surface area contributed by atoms with E-state index in [4.69, 9.17) is 26.0 Å². The van der Waals surface area contributed by atoms with Crippen molar-refractivity contribution in [2.75, 3.05) is 7.11 Å². The van der Waals surface area contributed by atoms with Crippen LogP contribution in [-0.4, -0.2) is 23.3 Å². The molecule has 0 aliphatic rings. The summed E-state index contributed by atoms with van der Waals surface area (Å²) in [6.45, 7) is 4.03. The van der Waals surface area contributed by atoms with Crippen molar-refractivity contribution < 1.29 is 19.2 Å². The Morgan fingerprint density at radius 3 is 2.60 bits per heavy atom. The third-order valence-corrected chi connectivity index (χ3v) is 3.19. The van der Waals surface area contributed by atoms with Crippen LogP contribution in [0.5, 0.6) is 5.75 Å². The predicted octanol–water partition coefficient (Wildman–Crippen LogP) is 3.83. The summed E-state index contributed by atoms with van der Waals surface area (Å²) in [6, 6.07) is 4.89. The Bertz CT molecular complexity index is 649. The molecular weight excluding hydrogens is 282 g/mol. The van der Waals surface area contributed by atoms with Crippen LogP contribution in [0.3, 0.4) is 0 Å². The standard InChI is InChI=1S/C14H14ClNO4/c1-7(2)9-4-8(5-10(15)13(9)19-3)12-6-11(14(17)18)16-20-12/h4-7H,1-3H3,(H,17,18). The van der Waals surface area contributed by atoms with Gasteiger partial charge in [-0.3, -0.25) is 0 Å². The van der Waals surface area contributed by atoms with E-state index in [2.05, 4.69) is 5.16 Å². The van der Waals surface area contributed by atoms with Crippen LogP contribution in [0, 0.1) is 0 Å². The topological polar surface area (TPSA) is 72.6 Å². The summed E-state index contributed by atoms with van der Waals surface area (Å²) in [5.41, 5.74) is 1.45. The Hall–Kier alpha value is -2.01. The third kappa shape index (κ3) is 2.63. The van der Waals surface area contributed by atoms with E-state index in [1.165, 1.54) is 6.07 Å². The first kappa shape index (κ1) is 14.4. The molecule has 0 unspecified atom stereocenters. The van der Waals surface area contributed by atoms with Gasteiger partial charge in [0.1, 0.15) is 5.75 Å². The lowest BCUT2D eigenvalue weighted by Crippen LogP contribution is -1.96. The predicted molar refractivity (Wildman–Crippen MR) is 74.5 cm³/mol. The van der Waals surface area contributed by atoms with Gasteiger partial charge in [-0.2, -0.15) is 0 Å². The van der Waals surface area contributed by atoms with Crippen LogP contribution in [0.25, 0.3) is 11.3 Å².